The first-order valence-corrected chi connectivity index (χ1v) is 6.17. The van der Waals surface area contributed by atoms with Gasteiger partial charge in [-0.1, -0.05) is 0 Å². The van der Waals surface area contributed by atoms with Crippen LogP contribution in [0.25, 0.3) is 0 Å². The minimum absolute atomic E-state index is 0.112. The number of carboxylic acid groups (broad SMARTS) is 1. The summed E-state index contributed by atoms with van der Waals surface area (Å²) in [6, 6.07) is -2.43. The fraction of sp³-hybridized carbons (Fsp3) is 0.636. The van der Waals surface area contributed by atoms with Gasteiger partial charge in [-0.3, -0.25) is 19.2 Å². The molecule has 0 saturated carbocycles. The number of carbonyl (C=O) groups is 4. The molecule has 3 amide bonds. The molecule has 0 radical (unpaired) electrons. The van der Waals surface area contributed by atoms with Gasteiger partial charge >= 0.3 is 5.97 Å². The second-order valence-corrected chi connectivity index (χ2v) is 4.44. The molecule has 0 aliphatic rings. The maximum absolute atomic E-state index is 11.7. The van der Waals surface area contributed by atoms with Crippen LogP contribution in [-0.2, 0) is 19.2 Å². The van der Waals surface area contributed by atoms with E-state index in [4.69, 9.17) is 16.6 Å². The molecule has 0 aromatic rings. The summed E-state index contributed by atoms with van der Waals surface area (Å²) in [6.45, 7) is 0.664. The third-order valence-electron chi connectivity index (χ3n) is 2.55. The minimum atomic E-state index is -1.26. The Morgan fingerprint density at radius 1 is 1.19 bits per heavy atom. The van der Waals surface area contributed by atoms with Crippen LogP contribution >= 0.6 is 0 Å². The van der Waals surface area contributed by atoms with Crippen molar-refractivity contribution in [3.8, 4) is 0 Å². The lowest BCUT2D eigenvalue weighted by molar-refractivity contribution is -0.138. The summed E-state index contributed by atoms with van der Waals surface area (Å²) in [7, 11) is 0. The fourth-order valence-electron chi connectivity index (χ4n) is 1.33. The highest BCUT2D eigenvalue weighted by molar-refractivity contribution is 5.91. The van der Waals surface area contributed by atoms with E-state index < -0.39 is 48.4 Å². The van der Waals surface area contributed by atoms with E-state index >= 15 is 0 Å². The molecule has 3 atom stereocenters. The van der Waals surface area contributed by atoms with Gasteiger partial charge in [0.05, 0.1) is 6.10 Å². The van der Waals surface area contributed by atoms with Gasteiger partial charge in [-0.15, -0.1) is 0 Å². The Morgan fingerprint density at radius 3 is 2.19 bits per heavy atom. The third kappa shape index (κ3) is 7.84. The molecule has 0 fully saturated rings. The van der Waals surface area contributed by atoms with E-state index in [1.807, 2.05) is 0 Å². The van der Waals surface area contributed by atoms with Crippen molar-refractivity contribution in [1.29, 1.82) is 0 Å². The van der Waals surface area contributed by atoms with Gasteiger partial charge < -0.3 is 32.3 Å². The number of amides is 3. The third-order valence-corrected chi connectivity index (χ3v) is 2.55. The smallest absolute Gasteiger partial charge is 0.322 e. The Labute approximate surface area is 120 Å². The van der Waals surface area contributed by atoms with Gasteiger partial charge in [0.2, 0.25) is 17.7 Å². The number of aliphatic hydroxyl groups excluding tert-OH is 1. The van der Waals surface area contributed by atoms with Crippen LogP contribution in [0.15, 0.2) is 0 Å². The Balaban J connectivity index is 4.72. The first-order valence-electron chi connectivity index (χ1n) is 6.17. The molecular weight excluding hydrogens is 284 g/mol. The zero-order chi connectivity index (χ0) is 16.6. The van der Waals surface area contributed by atoms with Crippen LogP contribution in [0.4, 0.5) is 0 Å². The summed E-state index contributed by atoms with van der Waals surface area (Å²) in [6.07, 6.45) is -1.43. The molecule has 0 unspecified atom stereocenters. The second kappa shape index (κ2) is 8.87. The zero-order valence-corrected chi connectivity index (χ0v) is 11.5. The van der Waals surface area contributed by atoms with Crippen molar-refractivity contribution >= 4 is 23.7 Å². The molecule has 0 heterocycles. The first kappa shape index (κ1) is 18.8. The molecule has 120 valence electrons. The number of hydrogen-bond donors (Lipinski definition) is 6. The Hall–Kier alpha value is -2.20. The van der Waals surface area contributed by atoms with Crippen molar-refractivity contribution in [2.45, 2.75) is 38.0 Å². The van der Waals surface area contributed by atoms with Crippen molar-refractivity contribution in [1.82, 2.24) is 10.6 Å². The number of primary amides is 1. The van der Waals surface area contributed by atoms with Crippen molar-refractivity contribution in [3.63, 3.8) is 0 Å². The largest absolute Gasteiger partial charge is 0.480 e. The SMILES string of the molecule is C[C@@H](O)[C@H](N)C(=O)N[C@@H](CCC(N)=O)C(=O)NCC(=O)O. The molecule has 10 heteroatoms. The molecule has 0 aromatic heterocycles. The number of hydrogen-bond acceptors (Lipinski definition) is 6. The molecule has 0 aliphatic carbocycles. The van der Waals surface area contributed by atoms with Gasteiger partial charge in [-0.2, -0.15) is 0 Å². The van der Waals surface area contributed by atoms with Crippen LogP contribution in [-0.4, -0.2) is 58.6 Å². The summed E-state index contributed by atoms with van der Waals surface area (Å²) >= 11 is 0. The van der Waals surface area contributed by atoms with Crippen LogP contribution in [0.3, 0.4) is 0 Å². The van der Waals surface area contributed by atoms with Gasteiger partial charge in [0.1, 0.15) is 18.6 Å². The van der Waals surface area contributed by atoms with E-state index in [9.17, 15) is 24.3 Å². The number of nitrogens with two attached hydrogens (primary N) is 2. The Kier molecular flexibility index (Phi) is 7.94. The molecule has 0 aromatic carbocycles. The maximum atomic E-state index is 11.7. The molecule has 8 N–H and O–H groups in total. The number of carboxylic acids is 1. The topological polar surface area (TPSA) is 185 Å². The van der Waals surface area contributed by atoms with Crippen LogP contribution in [0.5, 0.6) is 0 Å². The summed E-state index contributed by atoms with van der Waals surface area (Å²) in [5, 5.41) is 22.0. The lowest BCUT2D eigenvalue weighted by Gasteiger charge is -2.21. The van der Waals surface area contributed by atoms with E-state index in [2.05, 4.69) is 10.6 Å². The molecule has 0 rings (SSSR count). The quantitative estimate of drug-likeness (QED) is 0.257. The zero-order valence-electron chi connectivity index (χ0n) is 11.5. The van der Waals surface area contributed by atoms with Crippen LogP contribution in [0.1, 0.15) is 19.8 Å². The average Bonchev–Trinajstić information content (AvgIpc) is 2.38. The molecule has 0 aliphatic heterocycles. The van der Waals surface area contributed by atoms with Gasteiger partial charge in [0.25, 0.3) is 0 Å². The molecule has 21 heavy (non-hydrogen) atoms. The van der Waals surface area contributed by atoms with Crippen molar-refractivity contribution in [2.75, 3.05) is 6.54 Å². The molecule has 10 nitrogen and oxygen atoms in total. The molecule has 0 saturated heterocycles. The lowest BCUT2D eigenvalue weighted by Crippen LogP contribution is -2.54. The standard InChI is InChI=1S/C11H20N4O6/c1-5(16)9(13)11(21)15-6(2-3-7(12)17)10(20)14-4-8(18)19/h5-6,9,16H,2-4,13H2,1H3,(H2,12,17)(H,14,20)(H,15,21)(H,18,19)/t5-,6+,9+/m1/s1. The Morgan fingerprint density at radius 2 is 1.76 bits per heavy atom. The number of carbonyl (C=O) groups excluding carboxylic acids is 3. The van der Waals surface area contributed by atoms with E-state index in [1.165, 1.54) is 6.92 Å². The van der Waals surface area contributed by atoms with Crippen LogP contribution < -0.4 is 22.1 Å². The van der Waals surface area contributed by atoms with Gasteiger partial charge in [-0.25, -0.2) is 0 Å². The van der Waals surface area contributed by atoms with E-state index in [-0.39, 0.29) is 12.8 Å². The van der Waals surface area contributed by atoms with Gasteiger partial charge in [0.15, 0.2) is 0 Å². The summed E-state index contributed by atoms with van der Waals surface area (Å²) in [5.74, 6) is -3.53. The monoisotopic (exact) mass is 304 g/mol. The normalized spacial score (nSPS) is 14.6. The van der Waals surface area contributed by atoms with Crippen molar-refractivity contribution in [2.24, 2.45) is 11.5 Å². The van der Waals surface area contributed by atoms with Gasteiger partial charge in [0, 0.05) is 6.42 Å². The number of nitrogens with one attached hydrogen (secondary N) is 2. The van der Waals surface area contributed by atoms with Crippen molar-refractivity contribution < 1.29 is 29.4 Å². The Bertz CT molecular complexity index is 412. The number of aliphatic hydroxyl groups is 1. The highest BCUT2D eigenvalue weighted by Gasteiger charge is 2.26. The molecular formula is C11H20N4O6. The first-order chi connectivity index (χ1) is 9.65. The second-order valence-electron chi connectivity index (χ2n) is 4.44. The summed E-state index contributed by atoms with van der Waals surface area (Å²) in [4.78, 5) is 44.5. The van der Waals surface area contributed by atoms with Crippen LogP contribution in [0.2, 0.25) is 0 Å². The van der Waals surface area contributed by atoms with Gasteiger partial charge in [-0.05, 0) is 13.3 Å². The lowest BCUT2D eigenvalue weighted by atomic mass is 10.1. The van der Waals surface area contributed by atoms with Crippen LogP contribution in [0, 0.1) is 0 Å². The highest BCUT2D eigenvalue weighted by Crippen LogP contribution is 1.99. The van der Waals surface area contributed by atoms with E-state index in [1.54, 1.807) is 0 Å². The fourth-order valence-corrected chi connectivity index (χ4v) is 1.33. The predicted octanol–water partition coefficient (Wildman–Crippen LogP) is -3.35. The van der Waals surface area contributed by atoms with Crippen molar-refractivity contribution in [3.05, 3.63) is 0 Å². The number of aliphatic carboxylic acids is 1. The average molecular weight is 304 g/mol. The molecule has 0 spiro atoms. The summed E-state index contributed by atoms with van der Waals surface area (Å²) < 4.78 is 0. The number of rotatable bonds is 9. The highest BCUT2D eigenvalue weighted by atomic mass is 16.4. The predicted molar refractivity (Wildman–Crippen MR) is 70.7 cm³/mol. The minimum Gasteiger partial charge on any atom is -0.480 e. The maximum Gasteiger partial charge on any atom is 0.322 e. The summed E-state index contributed by atoms with van der Waals surface area (Å²) in [5.41, 5.74) is 10.4. The van der Waals surface area contributed by atoms with E-state index in [0.717, 1.165) is 0 Å². The van der Waals surface area contributed by atoms with E-state index in [0.29, 0.717) is 0 Å². The molecule has 0 bridgehead atoms.